The topological polar surface area (TPSA) is 13.1 Å². The van der Waals surface area contributed by atoms with Gasteiger partial charge >= 0.3 is 0 Å². The zero-order chi connectivity index (χ0) is 8.81. The van der Waals surface area contributed by atoms with Crippen LogP contribution < -0.4 is 0 Å². The van der Waals surface area contributed by atoms with Crippen molar-refractivity contribution in [3.63, 3.8) is 0 Å². The SMILES string of the molecule is [CH2]CCCCCc1coc(C)c1. The smallest absolute Gasteiger partial charge is 0.100 e. The molecule has 0 aliphatic heterocycles. The summed E-state index contributed by atoms with van der Waals surface area (Å²) in [6.45, 7) is 5.80. The van der Waals surface area contributed by atoms with Gasteiger partial charge in [-0.1, -0.05) is 26.2 Å². The van der Waals surface area contributed by atoms with Crippen molar-refractivity contribution in [2.45, 2.75) is 39.0 Å². The van der Waals surface area contributed by atoms with E-state index in [2.05, 4.69) is 13.0 Å². The standard InChI is InChI=1S/C11H17O/c1-3-4-5-6-7-11-8-10(2)12-9-11/h8-9H,1,3-7H2,2H3. The molecule has 0 atom stereocenters. The van der Waals surface area contributed by atoms with E-state index in [0.29, 0.717) is 0 Å². The van der Waals surface area contributed by atoms with Crippen molar-refractivity contribution < 1.29 is 4.42 Å². The Bertz CT molecular complexity index is 213. The molecule has 0 bridgehead atoms. The van der Waals surface area contributed by atoms with Gasteiger partial charge in [0.2, 0.25) is 0 Å². The van der Waals surface area contributed by atoms with E-state index >= 15 is 0 Å². The van der Waals surface area contributed by atoms with E-state index in [0.717, 1.165) is 18.6 Å². The zero-order valence-electron chi connectivity index (χ0n) is 7.81. The highest BCUT2D eigenvalue weighted by molar-refractivity contribution is 5.11. The van der Waals surface area contributed by atoms with Gasteiger partial charge in [-0.05, 0) is 31.4 Å². The van der Waals surface area contributed by atoms with Gasteiger partial charge in [0.05, 0.1) is 6.26 Å². The molecule has 0 aliphatic rings. The maximum Gasteiger partial charge on any atom is 0.100 e. The molecule has 1 nitrogen and oxygen atoms in total. The Morgan fingerprint density at radius 1 is 1.33 bits per heavy atom. The van der Waals surface area contributed by atoms with Crippen LogP contribution in [-0.4, -0.2) is 0 Å². The van der Waals surface area contributed by atoms with Gasteiger partial charge in [0.15, 0.2) is 0 Å². The lowest BCUT2D eigenvalue weighted by molar-refractivity contribution is 0.530. The maximum atomic E-state index is 5.21. The second-order valence-corrected chi connectivity index (χ2v) is 3.23. The summed E-state index contributed by atoms with van der Waals surface area (Å²) in [7, 11) is 0. The molecule has 0 spiro atoms. The van der Waals surface area contributed by atoms with Crippen molar-refractivity contribution >= 4 is 0 Å². The highest BCUT2D eigenvalue weighted by atomic mass is 16.3. The molecule has 0 N–H and O–H groups in total. The fraction of sp³-hybridized carbons (Fsp3) is 0.545. The van der Waals surface area contributed by atoms with E-state index in [1.54, 1.807) is 0 Å². The second-order valence-electron chi connectivity index (χ2n) is 3.23. The third-order valence-electron chi connectivity index (χ3n) is 2.00. The summed E-state index contributed by atoms with van der Waals surface area (Å²) >= 11 is 0. The Balaban J connectivity index is 2.15. The Morgan fingerprint density at radius 2 is 2.17 bits per heavy atom. The van der Waals surface area contributed by atoms with Crippen LogP contribution in [0.5, 0.6) is 0 Å². The Kier molecular flexibility index (Phi) is 3.92. The molecule has 0 saturated heterocycles. The first-order valence-corrected chi connectivity index (χ1v) is 4.66. The Labute approximate surface area is 74.8 Å². The van der Waals surface area contributed by atoms with E-state index in [-0.39, 0.29) is 0 Å². The van der Waals surface area contributed by atoms with Gasteiger partial charge in [-0.25, -0.2) is 0 Å². The van der Waals surface area contributed by atoms with E-state index in [1.165, 1.54) is 24.8 Å². The zero-order valence-corrected chi connectivity index (χ0v) is 7.81. The number of aryl methyl sites for hydroxylation is 2. The summed E-state index contributed by atoms with van der Waals surface area (Å²) in [6.07, 6.45) is 7.86. The minimum atomic E-state index is 1.02. The lowest BCUT2D eigenvalue weighted by Crippen LogP contribution is -1.82. The number of hydrogen-bond donors (Lipinski definition) is 0. The predicted octanol–water partition coefficient (Wildman–Crippen LogP) is 3.53. The summed E-state index contributed by atoms with van der Waals surface area (Å²) in [5.41, 5.74) is 1.33. The molecule has 1 rings (SSSR count). The van der Waals surface area contributed by atoms with Crippen molar-refractivity contribution in [2.75, 3.05) is 0 Å². The summed E-state index contributed by atoms with van der Waals surface area (Å²) in [5, 5.41) is 0. The molecule has 1 heterocycles. The molecular weight excluding hydrogens is 148 g/mol. The average Bonchev–Trinajstić information content (AvgIpc) is 2.45. The molecule has 1 radical (unpaired) electrons. The van der Waals surface area contributed by atoms with E-state index in [9.17, 15) is 0 Å². The Morgan fingerprint density at radius 3 is 2.75 bits per heavy atom. The molecule has 0 amide bonds. The van der Waals surface area contributed by atoms with Gasteiger partial charge in [0, 0.05) is 0 Å². The second kappa shape index (κ2) is 5.02. The molecule has 1 aromatic rings. The van der Waals surface area contributed by atoms with Crippen LogP contribution in [-0.2, 0) is 6.42 Å². The quantitative estimate of drug-likeness (QED) is 0.608. The van der Waals surface area contributed by atoms with E-state index < -0.39 is 0 Å². The van der Waals surface area contributed by atoms with Gasteiger partial charge in [-0.15, -0.1) is 0 Å². The first kappa shape index (κ1) is 9.37. The molecule has 0 aromatic carbocycles. The van der Waals surface area contributed by atoms with Gasteiger partial charge < -0.3 is 4.42 Å². The number of hydrogen-bond acceptors (Lipinski definition) is 1. The van der Waals surface area contributed by atoms with Crippen molar-refractivity contribution in [3.8, 4) is 0 Å². The summed E-state index contributed by atoms with van der Waals surface area (Å²) in [5.74, 6) is 1.02. The van der Waals surface area contributed by atoms with Crippen LogP contribution in [0.25, 0.3) is 0 Å². The van der Waals surface area contributed by atoms with Crippen molar-refractivity contribution in [1.29, 1.82) is 0 Å². The van der Waals surface area contributed by atoms with E-state index in [1.807, 2.05) is 13.2 Å². The van der Waals surface area contributed by atoms with Crippen LogP contribution in [0.3, 0.4) is 0 Å². The molecule has 0 saturated carbocycles. The molecule has 67 valence electrons. The van der Waals surface area contributed by atoms with Gasteiger partial charge in [0.25, 0.3) is 0 Å². The molecule has 12 heavy (non-hydrogen) atoms. The van der Waals surface area contributed by atoms with Crippen molar-refractivity contribution in [2.24, 2.45) is 0 Å². The molecule has 1 aromatic heterocycles. The van der Waals surface area contributed by atoms with Crippen LogP contribution in [0.1, 0.15) is 37.0 Å². The minimum Gasteiger partial charge on any atom is -0.469 e. The third kappa shape index (κ3) is 3.12. The first-order chi connectivity index (χ1) is 5.83. The van der Waals surface area contributed by atoms with Crippen LogP contribution in [0.15, 0.2) is 16.7 Å². The van der Waals surface area contributed by atoms with Gasteiger partial charge in [-0.3, -0.25) is 0 Å². The minimum absolute atomic E-state index is 1.02. The summed E-state index contributed by atoms with van der Waals surface area (Å²) < 4.78 is 5.21. The fourth-order valence-corrected chi connectivity index (χ4v) is 1.31. The van der Waals surface area contributed by atoms with Crippen LogP contribution in [0, 0.1) is 13.8 Å². The molecule has 1 heteroatoms. The first-order valence-electron chi connectivity index (χ1n) is 4.66. The third-order valence-corrected chi connectivity index (χ3v) is 2.00. The molecule has 0 unspecified atom stereocenters. The number of rotatable bonds is 5. The lowest BCUT2D eigenvalue weighted by Gasteiger charge is -1.95. The lowest BCUT2D eigenvalue weighted by atomic mass is 10.1. The van der Waals surface area contributed by atoms with Crippen molar-refractivity contribution in [3.05, 3.63) is 30.6 Å². The van der Waals surface area contributed by atoms with Gasteiger partial charge in [-0.2, -0.15) is 0 Å². The van der Waals surface area contributed by atoms with E-state index in [4.69, 9.17) is 4.42 Å². The fourth-order valence-electron chi connectivity index (χ4n) is 1.31. The van der Waals surface area contributed by atoms with Crippen LogP contribution in [0.2, 0.25) is 0 Å². The summed E-state index contributed by atoms with van der Waals surface area (Å²) in [4.78, 5) is 0. The monoisotopic (exact) mass is 165 g/mol. The average molecular weight is 165 g/mol. The van der Waals surface area contributed by atoms with Crippen LogP contribution in [0.4, 0.5) is 0 Å². The van der Waals surface area contributed by atoms with Crippen molar-refractivity contribution in [1.82, 2.24) is 0 Å². The highest BCUT2D eigenvalue weighted by Gasteiger charge is 1.96. The Hall–Kier alpha value is -0.720. The van der Waals surface area contributed by atoms with Gasteiger partial charge in [0.1, 0.15) is 5.76 Å². The predicted molar refractivity (Wildman–Crippen MR) is 51.0 cm³/mol. The highest BCUT2D eigenvalue weighted by Crippen LogP contribution is 2.10. The number of unbranched alkanes of at least 4 members (excludes halogenated alkanes) is 3. The largest absolute Gasteiger partial charge is 0.469 e. The molecule has 0 aliphatic carbocycles. The normalized spacial score (nSPS) is 10.5. The molecular formula is C11H17O. The molecule has 0 fully saturated rings. The maximum absolute atomic E-state index is 5.21. The van der Waals surface area contributed by atoms with Crippen LogP contribution >= 0.6 is 0 Å². The summed E-state index contributed by atoms with van der Waals surface area (Å²) in [6, 6.07) is 2.12. The number of furan rings is 1.